The van der Waals surface area contributed by atoms with E-state index in [2.05, 4.69) is 15.3 Å². The summed E-state index contributed by atoms with van der Waals surface area (Å²) in [6, 6.07) is 7.46. The Kier molecular flexibility index (Phi) is 4.23. The maximum atomic E-state index is 12.5. The molecular formula is C17H18N4O2. The molecule has 0 aliphatic heterocycles. The van der Waals surface area contributed by atoms with Crippen LogP contribution in [0, 0.1) is 6.92 Å². The molecule has 0 unspecified atom stereocenters. The standard InChI is InChI=1S/C17H18N4O2/c1-3-23-14-7-5-9-21-15(12(2)20-16(14)21)17(22)19-11-13-6-4-8-18-10-13/h4-10H,3,11H2,1-2H3,(H,19,22). The minimum absolute atomic E-state index is 0.174. The van der Waals surface area contributed by atoms with Gasteiger partial charge in [-0.3, -0.25) is 14.2 Å². The van der Waals surface area contributed by atoms with E-state index < -0.39 is 0 Å². The Balaban J connectivity index is 1.88. The van der Waals surface area contributed by atoms with Crippen molar-refractivity contribution < 1.29 is 9.53 Å². The van der Waals surface area contributed by atoms with Crippen LogP contribution in [0.5, 0.6) is 5.75 Å². The molecule has 23 heavy (non-hydrogen) atoms. The van der Waals surface area contributed by atoms with Crippen LogP contribution in [-0.2, 0) is 6.54 Å². The maximum Gasteiger partial charge on any atom is 0.270 e. The van der Waals surface area contributed by atoms with Gasteiger partial charge in [0, 0.05) is 25.1 Å². The van der Waals surface area contributed by atoms with Gasteiger partial charge >= 0.3 is 0 Å². The molecule has 3 aromatic heterocycles. The molecule has 0 aliphatic rings. The van der Waals surface area contributed by atoms with Crippen molar-refractivity contribution in [3.63, 3.8) is 0 Å². The smallest absolute Gasteiger partial charge is 0.270 e. The van der Waals surface area contributed by atoms with E-state index in [0.29, 0.717) is 35.9 Å². The number of nitrogens with zero attached hydrogens (tertiary/aromatic N) is 3. The average Bonchev–Trinajstić information content (AvgIpc) is 2.91. The molecule has 0 atom stereocenters. The number of nitrogens with one attached hydrogen (secondary N) is 1. The van der Waals surface area contributed by atoms with Crippen LogP contribution in [0.4, 0.5) is 0 Å². The first-order valence-corrected chi connectivity index (χ1v) is 7.48. The number of pyridine rings is 2. The molecule has 0 aliphatic carbocycles. The second-order valence-corrected chi connectivity index (χ2v) is 5.09. The van der Waals surface area contributed by atoms with Crippen molar-refractivity contribution in [3.8, 4) is 5.75 Å². The van der Waals surface area contributed by atoms with E-state index in [1.54, 1.807) is 16.8 Å². The van der Waals surface area contributed by atoms with Gasteiger partial charge in [-0.25, -0.2) is 4.98 Å². The van der Waals surface area contributed by atoms with E-state index in [-0.39, 0.29) is 5.91 Å². The van der Waals surface area contributed by atoms with Gasteiger partial charge in [-0.15, -0.1) is 0 Å². The second kappa shape index (κ2) is 6.48. The zero-order valence-electron chi connectivity index (χ0n) is 13.1. The van der Waals surface area contributed by atoms with Gasteiger partial charge in [0.05, 0.1) is 12.3 Å². The minimum Gasteiger partial charge on any atom is -0.490 e. The molecule has 0 saturated carbocycles. The lowest BCUT2D eigenvalue weighted by Crippen LogP contribution is -2.25. The fourth-order valence-corrected chi connectivity index (χ4v) is 2.47. The molecule has 6 nitrogen and oxygen atoms in total. The Hall–Kier alpha value is -2.89. The van der Waals surface area contributed by atoms with Crippen LogP contribution in [0.1, 0.15) is 28.7 Å². The van der Waals surface area contributed by atoms with Crippen LogP contribution in [0.15, 0.2) is 42.9 Å². The summed E-state index contributed by atoms with van der Waals surface area (Å²) in [7, 11) is 0. The summed E-state index contributed by atoms with van der Waals surface area (Å²) in [5, 5.41) is 2.91. The predicted molar refractivity (Wildman–Crippen MR) is 86.5 cm³/mol. The fourth-order valence-electron chi connectivity index (χ4n) is 2.47. The largest absolute Gasteiger partial charge is 0.490 e. The van der Waals surface area contributed by atoms with Gasteiger partial charge in [-0.2, -0.15) is 0 Å². The van der Waals surface area contributed by atoms with E-state index in [0.717, 1.165) is 5.56 Å². The number of imidazole rings is 1. The van der Waals surface area contributed by atoms with Crippen LogP contribution in [0.25, 0.3) is 5.65 Å². The number of hydrogen-bond donors (Lipinski definition) is 1. The molecule has 0 saturated heterocycles. The Bertz CT molecular complexity index is 827. The van der Waals surface area contributed by atoms with Crippen LogP contribution >= 0.6 is 0 Å². The third-order valence-electron chi connectivity index (χ3n) is 3.48. The molecule has 3 rings (SSSR count). The van der Waals surface area contributed by atoms with Gasteiger partial charge in [-0.1, -0.05) is 6.07 Å². The first-order valence-electron chi connectivity index (χ1n) is 7.48. The average molecular weight is 310 g/mol. The highest BCUT2D eigenvalue weighted by atomic mass is 16.5. The number of carbonyl (C=O) groups is 1. The summed E-state index contributed by atoms with van der Waals surface area (Å²) in [5.74, 6) is 0.497. The second-order valence-electron chi connectivity index (χ2n) is 5.09. The summed E-state index contributed by atoms with van der Waals surface area (Å²) >= 11 is 0. The van der Waals surface area contributed by atoms with Crippen LogP contribution in [-0.4, -0.2) is 26.9 Å². The van der Waals surface area contributed by atoms with E-state index in [1.807, 2.05) is 44.3 Å². The zero-order valence-corrected chi connectivity index (χ0v) is 13.1. The minimum atomic E-state index is -0.174. The SMILES string of the molecule is CCOc1cccn2c(C(=O)NCc3cccnc3)c(C)nc12. The third-order valence-corrected chi connectivity index (χ3v) is 3.48. The molecule has 118 valence electrons. The van der Waals surface area contributed by atoms with Crippen LogP contribution in [0.3, 0.4) is 0 Å². The molecule has 1 amide bonds. The van der Waals surface area contributed by atoms with Crippen molar-refractivity contribution >= 4 is 11.6 Å². The van der Waals surface area contributed by atoms with E-state index in [4.69, 9.17) is 4.74 Å². The van der Waals surface area contributed by atoms with Crippen LogP contribution in [0.2, 0.25) is 0 Å². The lowest BCUT2D eigenvalue weighted by molar-refractivity contribution is 0.0944. The van der Waals surface area contributed by atoms with Crippen molar-refractivity contribution in [3.05, 3.63) is 59.8 Å². The van der Waals surface area contributed by atoms with Gasteiger partial charge < -0.3 is 10.1 Å². The maximum absolute atomic E-state index is 12.5. The molecule has 0 bridgehead atoms. The number of ether oxygens (including phenoxy) is 1. The van der Waals surface area contributed by atoms with Crippen molar-refractivity contribution in [2.24, 2.45) is 0 Å². The Morgan fingerprint density at radius 2 is 2.22 bits per heavy atom. The summed E-state index contributed by atoms with van der Waals surface area (Å²) in [5.41, 5.74) is 2.78. The lowest BCUT2D eigenvalue weighted by atomic mass is 10.2. The van der Waals surface area contributed by atoms with Gasteiger partial charge in [-0.05, 0) is 37.6 Å². The van der Waals surface area contributed by atoms with Gasteiger partial charge in [0.25, 0.3) is 5.91 Å². The van der Waals surface area contributed by atoms with Crippen LogP contribution < -0.4 is 10.1 Å². The first-order chi connectivity index (χ1) is 11.2. The summed E-state index contributed by atoms with van der Waals surface area (Å²) in [4.78, 5) is 21.1. The van der Waals surface area contributed by atoms with Crippen molar-refractivity contribution in [2.75, 3.05) is 6.61 Å². The zero-order chi connectivity index (χ0) is 16.2. The summed E-state index contributed by atoms with van der Waals surface area (Å²) in [6.45, 7) is 4.71. The summed E-state index contributed by atoms with van der Waals surface area (Å²) in [6.07, 6.45) is 5.25. The highest BCUT2D eigenvalue weighted by molar-refractivity contribution is 5.94. The van der Waals surface area contributed by atoms with Gasteiger partial charge in [0.1, 0.15) is 5.69 Å². The molecule has 3 heterocycles. The Labute approximate surface area is 134 Å². The molecule has 0 aromatic carbocycles. The quantitative estimate of drug-likeness (QED) is 0.785. The van der Waals surface area contributed by atoms with E-state index in [1.165, 1.54) is 0 Å². The molecule has 1 N–H and O–H groups in total. The Morgan fingerprint density at radius 3 is 2.96 bits per heavy atom. The topological polar surface area (TPSA) is 68.5 Å². The number of rotatable bonds is 5. The fraction of sp³-hybridized carbons (Fsp3) is 0.235. The van der Waals surface area contributed by atoms with Crippen molar-refractivity contribution in [1.29, 1.82) is 0 Å². The van der Waals surface area contributed by atoms with E-state index >= 15 is 0 Å². The Morgan fingerprint density at radius 1 is 1.35 bits per heavy atom. The van der Waals surface area contributed by atoms with Gasteiger partial charge in [0.15, 0.2) is 11.4 Å². The highest BCUT2D eigenvalue weighted by Crippen LogP contribution is 2.22. The lowest BCUT2D eigenvalue weighted by Gasteiger charge is -2.07. The number of hydrogen-bond acceptors (Lipinski definition) is 4. The molecule has 0 fully saturated rings. The number of aromatic nitrogens is 3. The van der Waals surface area contributed by atoms with Crippen molar-refractivity contribution in [1.82, 2.24) is 19.7 Å². The third kappa shape index (κ3) is 3.01. The number of aryl methyl sites for hydroxylation is 1. The molecule has 6 heteroatoms. The summed E-state index contributed by atoms with van der Waals surface area (Å²) < 4.78 is 7.34. The number of amides is 1. The highest BCUT2D eigenvalue weighted by Gasteiger charge is 2.18. The predicted octanol–water partition coefficient (Wildman–Crippen LogP) is 2.37. The first kappa shape index (κ1) is 15.0. The molecule has 0 radical (unpaired) electrons. The molecular weight excluding hydrogens is 292 g/mol. The van der Waals surface area contributed by atoms with Crippen molar-refractivity contribution in [2.45, 2.75) is 20.4 Å². The molecule has 0 spiro atoms. The van der Waals surface area contributed by atoms with E-state index in [9.17, 15) is 4.79 Å². The normalized spacial score (nSPS) is 10.7. The number of carbonyl (C=O) groups excluding carboxylic acids is 1. The molecule has 3 aromatic rings. The number of fused-ring (bicyclic) bond motifs is 1. The monoisotopic (exact) mass is 310 g/mol. The van der Waals surface area contributed by atoms with Gasteiger partial charge in [0.2, 0.25) is 0 Å².